The van der Waals surface area contributed by atoms with Crippen LogP contribution < -0.4 is 4.74 Å². The first-order chi connectivity index (χ1) is 10.5. The van der Waals surface area contributed by atoms with E-state index in [0.29, 0.717) is 24.0 Å². The molecule has 0 fully saturated rings. The molecule has 0 saturated heterocycles. The van der Waals surface area contributed by atoms with Crippen molar-refractivity contribution >= 4 is 11.8 Å². The highest BCUT2D eigenvalue weighted by Gasteiger charge is 2.31. The number of carbonyl (C=O) groups is 2. The van der Waals surface area contributed by atoms with Crippen LogP contribution in [0.2, 0.25) is 0 Å². The topological polar surface area (TPSA) is 79.4 Å². The fourth-order valence-corrected chi connectivity index (χ4v) is 3.16. The molecule has 0 amide bonds. The smallest absolute Gasteiger partial charge is 0.352 e. The summed E-state index contributed by atoms with van der Waals surface area (Å²) in [5.74, 6) is -0.190. The predicted molar refractivity (Wildman–Crippen MR) is 80.9 cm³/mol. The van der Waals surface area contributed by atoms with E-state index in [2.05, 4.69) is 4.98 Å². The summed E-state index contributed by atoms with van der Waals surface area (Å²) in [5, 5.41) is 9.19. The van der Waals surface area contributed by atoms with Gasteiger partial charge >= 0.3 is 5.97 Å². The van der Waals surface area contributed by atoms with Crippen LogP contribution in [0.25, 0.3) is 0 Å². The van der Waals surface area contributed by atoms with Gasteiger partial charge in [-0.05, 0) is 42.5 Å². The lowest BCUT2D eigenvalue weighted by Gasteiger charge is -2.22. The van der Waals surface area contributed by atoms with Crippen molar-refractivity contribution in [3.8, 4) is 5.75 Å². The molecule has 2 N–H and O–H groups in total. The standard InChI is InChI=1S/C17H17NO4/c1-9-15-13(18-16(9)17(20)21)7-11(8-14(15)19)10-3-5-12(22-2)6-4-10/h3-6,11,18H,7-8H2,1-2H3,(H,20,21)/t11-/m0/s1. The second kappa shape index (κ2) is 5.33. The lowest BCUT2D eigenvalue weighted by Crippen LogP contribution is -2.18. The minimum Gasteiger partial charge on any atom is -0.497 e. The Morgan fingerprint density at radius 3 is 2.55 bits per heavy atom. The largest absolute Gasteiger partial charge is 0.497 e. The molecule has 5 heteroatoms. The molecular weight excluding hydrogens is 282 g/mol. The minimum absolute atomic E-state index is 0.00307. The molecule has 0 saturated carbocycles. The summed E-state index contributed by atoms with van der Waals surface area (Å²) in [6.45, 7) is 1.68. The Kier molecular flexibility index (Phi) is 3.48. The summed E-state index contributed by atoms with van der Waals surface area (Å²) in [6, 6.07) is 7.65. The van der Waals surface area contributed by atoms with Crippen molar-refractivity contribution in [2.75, 3.05) is 7.11 Å². The maximum Gasteiger partial charge on any atom is 0.352 e. The van der Waals surface area contributed by atoms with Gasteiger partial charge in [-0.2, -0.15) is 0 Å². The molecule has 1 aliphatic carbocycles. The van der Waals surface area contributed by atoms with E-state index in [1.54, 1.807) is 14.0 Å². The van der Waals surface area contributed by atoms with Gasteiger partial charge in [0.05, 0.1) is 7.11 Å². The lowest BCUT2D eigenvalue weighted by molar-refractivity contribution is 0.0690. The van der Waals surface area contributed by atoms with Crippen molar-refractivity contribution < 1.29 is 19.4 Å². The maximum absolute atomic E-state index is 12.4. The lowest BCUT2D eigenvalue weighted by atomic mass is 9.81. The van der Waals surface area contributed by atoms with Crippen LogP contribution in [0.1, 0.15) is 50.0 Å². The van der Waals surface area contributed by atoms with E-state index < -0.39 is 5.97 Å². The first-order valence-electron chi connectivity index (χ1n) is 7.13. The number of H-pyrrole nitrogens is 1. The summed E-state index contributed by atoms with van der Waals surface area (Å²) < 4.78 is 5.14. The number of aromatic carboxylic acids is 1. The molecule has 1 heterocycles. The predicted octanol–water partition coefficient (Wildman–Crippen LogP) is 2.94. The number of carboxylic acid groups (broad SMARTS) is 1. The minimum atomic E-state index is -1.03. The number of methoxy groups -OCH3 is 1. The fraction of sp³-hybridized carbons (Fsp3) is 0.294. The maximum atomic E-state index is 12.4. The number of fused-ring (bicyclic) bond motifs is 1. The molecule has 3 rings (SSSR count). The normalized spacial score (nSPS) is 17.2. The number of ether oxygens (including phenoxy) is 1. The number of Topliss-reactive ketones (excluding diaryl/α,β-unsaturated/α-hetero) is 1. The zero-order valence-electron chi connectivity index (χ0n) is 12.5. The van der Waals surface area contributed by atoms with Gasteiger partial charge in [-0.25, -0.2) is 4.79 Å². The Labute approximate surface area is 127 Å². The van der Waals surface area contributed by atoms with Crippen LogP contribution in [0.15, 0.2) is 24.3 Å². The van der Waals surface area contributed by atoms with E-state index in [1.807, 2.05) is 24.3 Å². The third-order valence-electron chi connectivity index (χ3n) is 4.29. The van der Waals surface area contributed by atoms with E-state index in [-0.39, 0.29) is 17.4 Å². The zero-order chi connectivity index (χ0) is 15.9. The Morgan fingerprint density at radius 2 is 1.95 bits per heavy atom. The highest BCUT2D eigenvalue weighted by atomic mass is 16.5. The van der Waals surface area contributed by atoms with E-state index >= 15 is 0 Å². The molecule has 0 spiro atoms. The van der Waals surface area contributed by atoms with Gasteiger partial charge in [-0.3, -0.25) is 4.79 Å². The molecule has 5 nitrogen and oxygen atoms in total. The van der Waals surface area contributed by atoms with Crippen LogP contribution in [-0.2, 0) is 6.42 Å². The zero-order valence-corrected chi connectivity index (χ0v) is 12.5. The quantitative estimate of drug-likeness (QED) is 0.913. The third kappa shape index (κ3) is 2.28. The van der Waals surface area contributed by atoms with Crippen LogP contribution in [0.4, 0.5) is 0 Å². The Hall–Kier alpha value is -2.56. The number of aromatic nitrogens is 1. The SMILES string of the molecule is COc1ccc([C@@H]2CC(=O)c3c([nH]c(C(=O)O)c3C)C2)cc1. The number of benzene rings is 1. The highest BCUT2D eigenvalue weighted by molar-refractivity contribution is 6.03. The summed E-state index contributed by atoms with van der Waals surface area (Å²) >= 11 is 0. The van der Waals surface area contributed by atoms with Crippen molar-refractivity contribution in [2.45, 2.75) is 25.7 Å². The van der Waals surface area contributed by atoms with E-state index in [9.17, 15) is 14.7 Å². The Balaban J connectivity index is 1.95. The van der Waals surface area contributed by atoms with Gasteiger partial charge in [0.25, 0.3) is 0 Å². The van der Waals surface area contributed by atoms with Gasteiger partial charge in [0, 0.05) is 17.7 Å². The van der Waals surface area contributed by atoms with E-state index in [1.165, 1.54) is 0 Å². The molecule has 1 aromatic carbocycles. The second-order valence-corrected chi connectivity index (χ2v) is 5.59. The number of rotatable bonds is 3. The van der Waals surface area contributed by atoms with Gasteiger partial charge in [-0.1, -0.05) is 12.1 Å². The van der Waals surface area contributed by atoms with Crippen LogP contribution in [-0.4, -0.2) is 29.0 Å². The van der Waals surface area contributed by atoms with Crippen molar-refractivity contribution in [2.24, 2.45) is 0 Å². The van der Waals surface area contributed by atoms with Crippen molar-refractivity contribution in [3.63, 3.8) is 0 Å². The van der Waals surface area contributed by atoms with E-state index in [0.717, 1.165) is 17.0 Å². The summed E-state index contributed by atoms with van der Waals surface area (Å²) in [5.41, 5.74) is 3.01. The molecule has 1 aromatic heterocycles. The van der Waals surface area contributed by atoms with Gasteiger partial charge in [-0.15, -0.1) is 0 Å². The second-order valence-electron chi connectivity index (χ2n) is 5.59. The molecular formula is C17H17NO4. The number of nitrogens with one attached hydrogen (secondary N) is 1. The van der Waals surface area contributed by atoms with Crippen molar-refractivity contribution in [3.05, 3.63) is 52.3 Å². The van der Waals surface area contributed by atoms with Crippen LogP contribution in [0.3, 0.4) is 0 Å². The summed E-state index contributed by atoms with van der Waals surface area (Å²) in [4.78, 5) is 26.5. The monoisotopic (exact) mass is 299 g/mol. The Morgan fingerprint density at radius 1 is 1.27 bits per heavy atom. The van der Waals surface area contributed by atoms with Gasteiger partial charge in [0.15, 0.2) is 5.78 Å². The summed E-state index contributed by atoms with van der Waals surface area (Å²) in [6.07, 6.45) is 1.04. The highest BCUT2D eigenvalue weighted by Crippen LogP contribution is 2.35. The Bertz CT molecular complexity index is 743. The molecule has 1 aliphatic rings. The molecule has 0 bridgehead atoms. The van der Waals surface area contributed by atoms with Crippen molar-refractivity contribution in [1.82, 2.24) is 4.98 Å². The number of carbonyl (C=O) groups excluding carboxylic acids is 1. The third-order valence-corrected chi connectivity index (χ3v) is 4.29. The molecule has 22 heavy (non-hydrogen) atoms. The number of aromatic amines is 1. The first kappa shape index (κ1) is 14.4. The number of carboxylic acids is 1. The van der Waals surface area contributed by atoms with Crippen LogP contribution in [0, 0.1) is 6.92 Å². The molecule has 0 radical (unpaired) electrons. The molecule has 0 unspecified atom stereocenters. The summed E-state index contributed by atoms with van der Waals surface area (Å²) in [7, 11) is 1.61. The average Bonchev–Trinajstić information content (AvgIpc) is 2.85. The van der Waals surface area contributed by atoms with Crippen molar-refractivity contribution in [1.29, 1.82) is 0 Å². The molecule has 1 atom stereocenters. The van der Waals surface area contributed by atoms with E-state index in [4.69, 9.17) is 4.74 Å². The van der Waals surface area contributed by atoms with Gasteiger partial charge < -0.3 is 14.8 Å². The fourth-order valence-electron chi connectivity index (χ4n) is 3.16. The molecule has 2 aromatic rings. The van der Waals surface area contributed by atoms with Gasteiger partial charge in [0.2, 0.25) is 0 Å². The first-order valence-corrected chi connectivity index (χ1v) is 7.13. The molecule has 114 valence electrons. The van der Waals surface area contributed by atoms with Crippen LogP contribution in [0.5, 0.6) is 5.75 Å². The molecule has 0 aliphatic heterocycles. The average molecular weight is 299 g/mol. The van der Waals surface area contributed by atoms with Gasteiger partial charge in [0.1, 0.15) is 11.4 Å². The number of ketones is 1. The van der Waals surface area contributed by atoms with Crippen LogP contribution >= 0.6 is 0 Å². The number of hydrogen-bond acceptors (Lipinski definition) is 3. The number of hydrogen-bond donors (Lipinski definition) is 2.